The molecule has 1 aliphatic rings. The van der Waals surface area contributed by atoms with Gasteiger partial charge in [-0.25, -0.2) is 4.79 Å². The highest BCUT2D eigenvalue weighted by molar-refractivity contribution is 6.32. The van der Waals surface area contributed by atoms with Crippen LogP contribution in [-0.4, -0.2) is 25.8 Å². The summed E-state index contributed by atoms with van der Waals surface area (Å²) >= 11 is 6.17. The number of esters is 1. The molecule has 0 N–H and O–H groups in total. The molecule has 0 fully saturated rings. The fourth-order valence-electron chi connectivity index (χ4n) is 2.47. The number of halogens is 1. The lowest BCUT2D eigenvalue weighted by molar-refractivity contribution is -0.147. The number of ether oxygens (including phenoxy) is 4. The predicted octanol–water partition coefficient (Wildman–Crippen LogP) is 3.85. The maximum absolute atomic E-state index is 11.9. The van der Waals surface area contributed by atoms with Crippen molar-refractivity contribution in [2.24, 2.45) is 0 Å². The third-order valence-corrected chi connectivity index (χ3v) is 4.24. The van der Waals surface area contributed by atoms with Crippen molar-refractivity contribution in [1.82, 2.24) is 0 Å². The molecule has 132 valence electrons. The van der Waals surface area contributed by atoms with Crippen LogP contribution >= 0.6 is 11.6 Å². The predicted molar refractivity (Wildman–Crippen MR) is 93.6 cm³/mol. The first-order valence-corrected chi connectivity index (χ1v) is 8.35. The molecule has 0 aromatic heterocycles. The summed E-state index contributed by atoms with van der Waals surface area (Å²) in [7, 11) is 0. The average Bonchev–Trinajstić information content (AvgIpc) is 2.61. The summed E-state index contributed by atoms with van der Waals surface area (Å²) in [5.74, 6) is 1.32. The zero-order valence-corrected chi connectivity index (χ0v) is 14.9. The van der Waals surface area contributed by atoms with Gasteiger partial charge < -0.3 is 18.9 Å². The second-order valence-corrected chi connectivity index (χ2v) is 6.16. The van der Waals surface area contributed by atoms with Crippen molar-refractivity contribution in [1.29, 1.82) is 0 Å². The molecule has 0 spiro atoms. The van der Waals surface area contributed by atoms with Gasteiger partial charge in [0.05, 0.1) is 5.02 Å². The Morgan fingerprint density at radius 2 is 2.00 bits per heavy atom. The number of rotatable bonds is 5. The molecular formula is C19H19ClO5. The van der Waals surface area contributed by atoms with Crippen LogP contribution < -0.4 is 14.2 Å². The monoisotopic (exact) mass is 362 g/mol. The van der Waals surface area contributed by atoms with E-state index in [9.17, 15) is 4.79 Å². The fraction of sp³-hybridized carbons (Fsp3) is 0.316. The molecule has 1 heterocycles. The van der Waals surface area contributed by atoms with E-state index in [1.165, 1.54) is 0 Å². The third kappa shape index (κ3) is 4.17. The van der Waals surface area contributed by atoms with E-state index in [1.807, 2.05) is 32.0 Å². The molecule has 25 heavy (non-hydrogen) atoms. The summed E-state index contributed by atoms with van der Waals surface area (Å²) in [6, 6.07) is 9.18. The molecule has 2 aromatic rings. The van der Waals surface area contributed by atoms with Crippen molar-refractivity contribution in [3.63, 3.8) is 0 Å². The Labute approximate surface area is 151 Å². The number of hydrogen-bond donors (Lipinski definition) is 0. The second kappa shape index (κ2) is 7.66. The van der Waals surface area contributed by atoms with Crippen molar-refractivity contribution in [2.45, 2.75) is 20.5 Å². The smallest absolute Gasteiger partial charge is 0.344 e. The molecule has 0 radical (unpaired) electrons. The van der Waals surface area contributed by atoms with Crippen molar-refractivity contribution in [2.75, 3.05) is 19.8 Å². The Hall–Kier alpha value is -2.40. The Morgan fingerprint density at radius 3 is 2.84 bits per heavy atom. The van der Waals surface area contributed by atoms with Gasteiger partial charge in [0, 0.05) is 0 Å². The summed E-state index contributed by atoms with van der Waals surface area (Å²) < 4.78 is 21.7. The van der Waals surface area contributed by atoms with Gasteiger partial charge in [-0.2, -0.15) is 0 Å². The molecular weight excluding hydrogens is 344 g/mol. The van der Waals surface area contributed by atoms with Gasteiger partial charge in [0.15, 0.2) is 18.1 Å². The van der Waals surface area contributed by atoms with Gasteiger partial charge in [-0.1, -0.05) is 23.7 Å². The van der Waals surface area contributed by atoms with Crippen LogP contribution in [0.3, 0.4) is 0 Å². The molecule has 0 amide bonds. The maximum Gasteiger partial charge on any atom is 0.344 e. The molecule has 6 heteroatoms. The lowest BCUT2D eigenvalue weighted by Crippen LogP contribution is -2.17. The van der Waals surface area contributed by atoms with Gasteiger partial charge in [0.25, 0.3) is 0 Å². The summed E-state index contributed by atoms with van der Waals surface area (Å²) in [6.07, 6.45) is 0. The van der Waals surface area contributed by atoms with Crippen molar-refractivity contribution in [3.05, 3.63) is 52.0 Å². The van der Waals surface area contributed by atoms with E-state index in [0.717, 1.165) is 16.7 Å². The first-order chi connectivity index (χ1) is 12.0. The Morgan fingerprint density at radius 1 is 1.20 bits per heavy atom. The number of carbonyl (C=O) groups is 1. The lowest BCUT2D eigenvalue weighted by atomic mass is 10.1. The van der Waals surface area contributed by atoms with Crippen LogP contribution in [0.2, 0.25) is 5.02 Å². The highest BCUT2D eigenvalue weighted by Gasteiger charge is 2.17. The molecule has 3 rings (SSSR count). The fourth-order valence-corrected chi connectivity index (χ4v) is 2.76. The van der Waals surface area contributed by atoms with Gasteiger partial charge in [-0.15, -0.1) is 0 Å². The quantitative estimate of drug-likeness (QED) is 0.756. The van der Waals surface area contributed by atoms with Crippen LogP contribution in [0.15, 0.2) is 30.3 Å². The molecule has 0 aliphatic carbocycles. The van der Waals surface area contributed by atoms with E-state index >= 15 is 0 Å². The largest absolute Gasteiger partial charge is 0.486 e. The number of benzene rings is 2. The van der Waals surface area contributed by atoms with Gasteiger partial charge in [0.1, 0.15) is 25.6 Å². The van der Waals surface area contributed by atoms with E-state index in [1.54, 1.807) is 12.1 Å². The first-order valence-electron chi connectivity index (χ1n) is 7.97. The summed E-state index contributed by atoms with van der Waals surface area (Å²) in [6.45, 7) is 4.82. The van der Waals surface area contributed by atoms with Crippen LogP contribution in [0.5, 0.6) is 17.2 Å². The van der Waals surface area contributed by atoms with Crippen LogP contribution in [0, 0.1) is 13.8 Å². The van der Waals surface area contributed by atoms with Gasteiger partial charge in [-0.05, 0) is 48.7 Å². The molecule has 0 atom stereocenters. The van der Waals surface area contributed by atoms with Crippen molar-refractivity contribution >= 4 is 17.6 Å². The van der Waals surface area contributed by atoms with Crippen LogP contribution in [0.25, 0.3) is 0 Å². The molecule has 0 bridgehead atoms. The standard InChI is InChI=1S/C19H19ClO5/c1-12-4-3-5-16(13(12)2)24-11-18(21)25-10-14-8-15(20)19-17(9-14)22-6-7-23-19/h3-5,8-9H,6-7,10-11H2,1-2H3. The minimum absolute atomic E-state index is 0.0886. The zero-order chi connectivity index (χ0) is 17.8. The molecule has 5 nitrogen and oxygen atoms in total. The zero-order valence-electron chi connectivity index (χ0n) is 14.1. The van der Waals surface area contributed by atoms with Crippen LogP contribution in [0.1, 0.15) is 16.7 Å². The number of fused-ring (bicyclic) bond motifs is 1. The minimum Gasteiger partial charge on any atom is -0.486 e. The summed E-state index contributed by atoms with van der Waals surface area (Å²) in [5.41, 5.74) is 2.85. The molecule has 0 unspecified atom stereocenters. The van der Waals surface area contributed by atoms with E-state index in [2.05, 4.69) is 0 Å². The lowest BCUT2D eigenvalue weighted by Gasteiger charge is -2.20. The molecule has 0 saturated heterocycles. The minimum atomic E-state index is -0.452. The van der Waals surface area contributed by atoms with E-state index < -0.39 is 5.97 Å². The first kappa shape index (κ1) is 17.4. The van der Waals surface area contributed by atoms with E-state index in [4.69, 9.17) is 30.5 Å². The molecule has 2 aromatic carbocycles. The van der Waals surface area contributed by atoms with Crippen LogP contribution in [0.4, 0.5) is 0 Å². The molecule has 1 aliphatic heterocycles. The normalized spacial score (nSPS) is 12.6. The van der Waals surface area contributed by atoms with Gasteiger partial charge >= 0.3 is 5.97 Å². The average molecular weight is 363 g/mol. The van der Waals surface area contributed by atoms with E-state index in [-0.39, 0.29) is 13.2 Å². The highest BCUT2D eigenvalue weighted by Crippen LogP contribution is 2.38. The Bertz CT molecular complexity index is 788. The second-order valence-electron chi connectivity index (χ2n) is 5.75. The SMILES string of the molecule is Cc1cccc(OCC(=O)OCc2cc(Cl)c3c(c2)OCCO3)c1C. The summed E-state index contributed by atoms with van der Waals surface area (Å²) in [4.78, 5) is 11.9. The number of hydrogen-bond acceptors (Lipinski definition) is 5. The topological polar surface area (TPSA) is 54.0 Å². The Balaban J connectivity index is 1.56. The van der Waals surface area contributed by atoms with E-state index in [0.29, 0.717) is 35.5 Å². The van der Waals surface area contributed by atoms with Gasteiger partial charge in [0.2, 0.25) is 0 Å². The highest BCUT2D eigenvalue weighted by atomic mass is 35.5. The van der Waals surface area contributed by atoms with Gasteiger partial charge in [-0.3, -0.25) is 0 Å². The summed E-state index contributed by atoms with van der Waals surface area (Å²) in [5, 5.41) is 0.440. The maximum atomic E-state index is 11.9. The van der Waals surface area contributed by atoms with Crippen molar-refractivity contribution < 1.29 is 23.7 Å². The van der Waals surface area contributed by atoms with Crippen molar-refractivity contribution in [3.8, 4) is 17.2 Å². The number of carbonyl (C=O) groups excluding carboxylic acids is 1. The number of aryl methyl sites for hydroxylation is 1. The Kier molecular flexibility index (Phi) is 5.34. The van der Waals surface area contributed by atoms with Crippen LogP contribution in [-0.2, 0) is 16.1 Å². The molecule has 0 saturated carbocycles. The third-order valence-electron chi connectivity index (χ3n) is 3.96.